The molecule has 6 nitrogen and oxygen atoms in total. The summed E-state index contributed by atoms with van der Waals surface area (Å²) in [5.41, 5.74) is 0.531. The third-order valence-corrected chi connectivity index (χ3v) is 3.58. The summed E-state index contributed by atoms with van der Waals surface area (Å²) >= 11 is 3.28. The van der Waals surface area contributed by atoms with E-state index < -0.39 is 17.9 Å². The number of rotatable bonds is 5. The van der Waals surface area contributed by atoms with Gasteiger partial charge in [0.15, 0.2) is 11.7 Å². The van der Waals surface area contributed by atoms with Gasteiger partial charge in [-0.25, -0.2) is 4.79 Å². The predicted molar refractivity (Wildman–Crippen MR) is 82.6 cm³/mol. The molecule has 0 spiro atoms. The Morgan fingerprint density at radius 2 is 1.91 bits per heavy atom. The number of hydrogen-bond acceptors (Lipinski definition) is 4. The van der Waals surface area contributed by atoms with Gasteiger partial charge in [0, 0.05) is 16.5 Å². The fraction of sp³-hybridized carbons (Fsp3) is 0.267. The standard InChI is InChI=1S/C15H15BrN2O4/c1-8(2)12-7-11(18-22-12)14(19)17-13(15(20)21)9-3-5-10(16)6-4-9/h3-8,13H,1-2H3,(H,17,19)(H,20,21). The predicted octanol–water partition coefficient (Wildman–Crippen LogP) is 3.12. The minimum absolute atomic E-state index is 0.0621. The van der Waals surface area contributed by atoms with Crippen LogP contribution in [0.5, 0.6) is 0 Å². The van der Waals surface area contributed by atoms with Crippen LogP contribution in [-0.4, -0.2) is 22.1 Å². The fourth-order valence-electron chi connectivity index (χ4n) is 1.82. The second kappa shape index (κ2) is 6.74. The minimum Gasteiger partial charge on any atom is -0.479 e. The lowest BCUT2D eigenvalue weighted by Gasteiger charge is -2.14. The molecule has 116 valence electrons. The molecule has 2 rings (SSSR count). The first-order valence-electron chi connectivity index (χ1n) is 6.64. The highest BCUT2D eigenvalue weighted by Crippen LogP contribution is 2.19. The van der Waals surface area contributed by atoms with Crippen LogP contribution in [0, 0.1) is 0 Å². The maximum atomic E-state index is 12.1. The highest BCUT2D eigenvalue weighted by Gasteiger charge is 2.24. The first-order chi connectivity index (χ1) is 10.4. The van der Waals surface area contributed by atoms with Gasteiger partial charge in [-0.15, -0.1) is 0 Å². The van der Waals surface area contributed by atoms with Crippen molar-refractivity contribution in [1.29, 1.82) is 0 Å². The van der Waals surface area contributed by atoms with Crippen LogP contribution in [0.2, 0.25) is 0 Å². The molecule has 1 amide bonds. The molecule has 1 aromatic heterocycles. The quantitative estimate of drug-likeness (QED) is 0.847. The molecule has 0 bridgehead atoms. The summed E-state index contributed by atoms with van der Waals surface area (Å²) in [6.07, 6.45) is 0. The van der Waals surface area contributed by atoms with Crippen LogP contribution >= 0.6 is 15.9 Å². The molecule has 1 atom stereocenters. The first kappa shape index (κ1) is 16.2. The van der Waals surface area contributed by atoms with Crippen molar-refractivity contribution >= 4 is 27.8 Å². The Morgan fingerprint density at radius 1 is 1.27 bits per heavy atom. The second-order valence-corrected chi connectivity index (χ2v) is 5.98. The van der Waals surface area contributed by atoms with E-state index in [2.05, 4.69) is 26.4 Å². The number of aromatic nitrogens is 1. The molecule has 1 heterocycles. The Bertz CT molecular complexity index is 679. The first-order valence-corrected chi connectivity index (χ1v) is 7.43. The van der Waals surface area contributed by atoms with Crippen molar-refractivity contribution in [2.45, 2.75) is 25.8 Å². The van der Waals surface area contributed by atoms with E-state index in [-0.39, 0.29) is 11.6 Å². The van der Waals surface area contributed by atoms with Crippen LogP contribution in [-0.2, 0) is 4.79 Å². The lowest BCUT2D eigenvalue weighted by atomic mass is 10.1. The molecule has 0 aliphatic carbocycles. The Labute approximate surface area is 135 Å². The fourth-order valence-corrected chi connectivity index (χ4v) is 2.08. The van der Waals surface area contributed by atoms with Crippen LogP contribution in [0.3, 0.4) is 0 Å². The molecule has 1 aromatic carbocycles. The number of carboxylic acid groups (broad SMARTS) is 1. The van der Waals surface area contributed by atoms with Crippen LogP contribution in [0.1, 0.15) is 47.6 Å². The topological polar surface area (TPSA) is 92.4 Å². The van der Waals surface area contributed by atoms with Crippen molar-refractivity contribution in [3.05, 3.63) is 51.8 Å². The number of carbonyl (C=O) groups is 2. The Kier molecular flexibility index (Phi) is 4.97. The highest BCUT2D eigenvalue weighted by molar-refractivity contribution is 9.10. The number of aliphatic carboxylic acids is 1. The third kappa shape index (κ3) is 3.73. The van der Waals surface area contributed by atoms with E-state index in [0.717, 1.165) is 4.47 Å². The molecule has 1 unspecified atom stereocenters. The molecule has 0 fully saturated rings. The van der Waals surface area contributed by atoms with Crippen molar-refractivity contribution in [2.75, 3.05) is 0 Å². The van der Waals surface area contributed by atoms with Gasteiger partial charge < -0.3 is 14.9 Å². The van der Waals surface area contributed by atoms with Crippen molar-refractivity contribution in [3.63, 3.8) is 0 Å². The highest BCUT2D eigenvalue weighted by atomic mass is 79.9. The zero-order chi connectivity index (χ0) is 16.3. The van der Waals surface area contributed by atoms with E-state index >= 15 is 0 Å². The summed E-state index contributed by atoms with van der Waals surface area (Å²) in [6, 6.07) is 7.05. The van der Waals surface area contributed by atoms with Crippen LogP contribution in [0.25, 0.3) is 0 Å². The number of nitrogens with one attached hydrogen (secondary N) is 1. The molecule has 0 aliphatic heterocycles. The summed E-state index contributed by atoms with van der Waals surface area (Å²) in [7, 11) is 0. The van der Waals surface area contributed by atoms with E-state index in [1.807, 2.05) is 13.8 Å². The summed E-state index contributed by atoms with van der Waals surface area (Å²) in [5, 5.41) is 15.4. The SMILES string of the molecule is CC(C)c1cc(C(=O)NC(C(=O)O)c2ccc(Br)cc2)no1. The Hall–Kier alpha value is -2.15. The van der Waals surface area contributed by atoms with Gasteiger partial charge in [0.2, 0.25) is 0 Å². The number of amides is 1. The van der Waals surface area contributed by atoms with Gasteiger partial charge in [-0.3, -0.25) is 4.79 Å². The Balaban J connectivity index is 2.18. The van der Waals surface area contributed by atoms with E-state index in [4.69, 9.17) is 4.52 Å². The van der Waals surface area contributed by atoms with E-state index in [1.165, 1.54) is 6.07 Å². The average molecular weight is 367 g/mol. The van der Waals surface area contributed by atoms with Gasteiger partial charge in [0.25, 0.3) is 5.91 Å². The lowest BCUT2D eigenvalue weighted by molar-refractivity contribution is -0.139. The van der Waals surface area contributed by atoms with E-state index in [0.29, 0.717) is 11.3 Å². The largest absolute Gasteiger partial charge is 0.479 e. The monoisotopic (exact) mass is 366 g/mol. The maximum absolute atomic E-state index is 12.1. The number of benzene rings is 1. The van der Waals surface area contributed by atoms with Crippen LogP contribution in [0.4, 0.5) is 0 Å². The summed E-state index contributed by atoms with van der Waals surface area (Å²) in [6.45, 7) is 3.81. The van der Waals surface area contributed by atoms with Gasteiger partial charge in [-0.2, -0.15) is 0 Å². The normalized spacial score (nSPS) is 12.2. The van der Waals surface area contributed by atoms with Crippen molar-refractivity contribution in [1.82, 2.24) is 10.5 Å². The molecular weight excluding hydrogens is 352 g/mol. The number of halogens is 1. The van der Waals surface area contributed by atoms with Gasteiger partial charge in [-0.05, 0) is 17.7 Å². The molecule has 0 aliphatic rings. The van der Waals surface area contributed by atoms with Crippen LogP contribution in [0.15, 0.2) is 39.3 Å². The number of carboxylic acids is 1. The molecule has 2 N–H and O–H groups in total. The lowest BCUT2D eigenvalue weighted by Crippen LogP contribution is -2.33. The van der Waals surface area contributed by atoms with Crippen molar-refractivity contribution in [2.24, 2.45) is 0 Å². The van der Waals surface area contributed by atoms with Crippen molar-refractivity contribution in [3.8, 4) is 0 Å². The van der Waals surface area contributed by atoms with Gasteiger partial charge in [0.05, 0.1) is 0 Å². The zero-order valence-electron chi connectivity index (χ0n) is 12.0. The maximum Gasteiger partial charge on any atom is 0.330 e. The van der Waals surface area contributed by atoms with Crippen LogP contribution < -0.4 is 5.32 Å². The molecule has 0 saturated carbocycles. The van der Waals surface area contributed by atoms with Gasteiger partial charge >= 0.3 is 5.97 Å². The average Bonchev–Trinajstić information content (AvgIpc) is 2.95. The molecule has 7 heteroatoms. The van der Waals surface area contributed by atoms with Crippen molar-refractivity contribution < 1.29 is 19.2 Å². The molecule has 0 radical (unpaired) electrons. The summed E-state index contributed by atoms with van der Waals surface area (Å²) in [4.78, 5) is 23.5. The number of hydrogen-bond donors (Lipinski definition) is 2. The van der Waals surface area contributed by atoms with E-state index in [1.54, 1.807) is 24.3 Å². The van der Waals surface area contributed by atoms with Gasteiger partial charge in [0.1, 0.15) is 5.76 Å². The smallest absolute Gasteiger partial charge is 0.330 e. The number of carbonyl (C=O) groups excluding carboxylic acids is 1. The molecule has 0 saturated heterocycles. The second-order valence-electron chi connectivity index (χ2n) is 5.07. The molecule has 22 heavy (non-hydrogen) atoms. The number of nitrogens with zero attached hydrogens (tertiary/aromatic N) is 1. The summed E-state index contributed by atoms with van der Waals surface area (Å²) < 4.78 is 5.87. The molecular formula is C15H15BrN2O4. The third-order valence-electron chi connectivity index (χ3n) is 3.06. The minimum atomic E-state index is -1.15. The van der Waals surface area contributed by atoms with Gasteiger partial charge in [-0.1, -0.05) is 47.1 Å². The summed E-state index contributed by atoms with van der Waals surface area (Å²) in [5.74, 6) is -1.08. The van der Waals surface area contributed by atoms with E-state index in [9.17, 15) is 14.7 Å². The Morgan fingerprint density at radius 3 is 2.41 bits per heavy atom. The zero-order valence-corrected chi connectivity index (χ0v) is 13.6. The molecule has 2 aromatic rings.